The van der Waals surface area contributed by atoms with E-state index in [1.807, 2.05) is 0 Å². The van der Waals surface area contributed by atoms with Crippen LogP contribution in [0.1, 0.15) is 0 Å². The van der Waals surface area contributed by atoms with Crippen molar-refractivity contribution in [1.82, 2.24) is 10.6 Å². The molecular formula is C10H20N2O4. The van der Waals surface area contributed by atoms with E-state index < -0.39 is 0 Å². The van der Waals surface area contributed by atoms with E-state index >= 15 is 0 Å². The number of hydrogen-bond acceptors (Lipinski definition) is 4. The SMILES string of the molecule is C=CNC(=O)NCCOCCOCCOC. The number of methoxy groups -OCH3 is 1. The van der Waals surface area contributed by atoms with E-state index in [-0.39, 0.29) is 6.03 Å². The molecule has 0 saturated heterocycles. The van der Waals surface area contributed by atoms with E-state index in [2.05, 4.69) is 17.2 Å². The average molecular weight is 232 g/mol. The molecule has 16 heavy (non-hydrogen) atoms. The van der Waals surface area contributed by atoms with Crippen molar-refractivity contribution in [1.29, 1.82) is 0 Å². The van der Waals surface area contributed by atoms with Gasteiger partial charge in [0.1, 0.15) is 0 Å². The number of ether oxygens (including phenoxy) is 3. The van der Waals surface area contributed by atoms with Crippen molar-refractivity contribution in [2.45, 2.75) is 0 Å². The van der Waals surface area contributed by atoms with Crippen LogP contribution < -0.4 is 10.6 Å². The fraction of sp³-hybridized carbons (Fsp3) is 0.700. The first-order chi connectivity index (χ1) is 7.81. The first-order valence-electron chi connectivity index (χ1n) is 5.11. The summed E-state index contributed by atoms with van der Waals surface area (Å²) in [6.07, 6.45) is 1.32. The zero-order valence-electron chi connectivity index (χ0n) is 9.66. The summed E-state index contributed by atoms with van der Waals surface area (Å²) in [5.41, 5.74) is 0. The number of carbonyl (C=O) groups excluding carboxylic acids is 1. The second-order valence-electron chi connectivity index (χ2n) is 2.82. The third-order valence-electron chi connectivity index (χ3n) is 1.57. The van der Waals surface area contributed by atoms with Gasteiger partial charge in [-0.1, -0.05) is 6.58 Å². The van der Waals surface area contributed by atoms with Crippen LogP contribution in [0.3, 0.4) is 0 Å². The molecule has 0 radical (unpaired) electrons. The Morgan fingerprint density at radius 3 is 2.44 bits per heavy atom. The summed E-state index contributed by atoms with van der Waals surface area (Å²) in [4.78, 5) is 10.9. The lowest BCUT2D eigenvalue weighted by atomic mass is 10.6. The molecule has 6 heteroatoms. The highest BCUT2D eigenvalue weighted by molar-refractivity contribution is 5.74. The summed E-state index contributed by atoms with van der Waals surface area (Å²) in [6, 6.07) is -0.282. The van der Waals surface area contributed by atoms with Crippen molar-refractivity contribution in [3.8, 4) is 0 Å². The molecule has 0 rings (SSSR count). The van der Waals surface area contributed by atoms with Gasteiger partial charge in [0.05, 0.1) is 33.0 Å². The molecule has 0 fully saturated rings. The maximum absolute atomic E-state index is 10.9. The van der Waals surface area contributed by atoms with E-state index in [0.29, 0.717) is 39.6 Å². The van der Waals surface area contributed by atoms with Crippen LogP contribution in [-0.4, -0.2) is 52.7 Å². The van der Waals surface area contributed by atoms with Crippen molar-refractivity contribution in [2.24, 2.45) is 0 Å². The molecule has 2 amide bonds. The van der Waals surface area contributed by atoms with E-state index in [0.717, 1.165) is 0 Å². The third-order valence-corrected chi connectivity index (χ3v) is 1.57. The van der Waals surface area contributed by atoms with E-state index in [1.165, 1.54) is 6.20 Å². The molecular weight excluding hydrogens is 212 g/mol. The minimum absolute atomic E-state index is 0.282. The van der Waals surface area contributed by atoms with Crippen molar-refractivity contribution >= 4 is 6.03 Å². The van der Waals surface area contributed by atoms with Crippen LogP contribution in [0.25, 0.3) is 0 Å². The Kier molecular flexibility index (Phi) is 11.1. The molecule has 0 heterocycles. The fourth-order valence-electron chi connectivity index (χ4n) is 0.845. The van der Waals surface area contributed by atoms with Crippen LogP contribution in [0, 0.1) is 0 Å². The van der Waals surface area contributed by atoms with Gasteiger partial charge >= 0.3 is 6.03 Å². The first kappa shape index (κ1) is 14.9. The molecule has 0 aliphatic rings. The zero-order valence-corrected chi connectivity index (χ0v) is 9.66. The first-order valence-corrected chi connectivity index (χ1v) is 5.11. The summed E-state index contributed by atoms with van der Waals surface area (Å²) in [5, 5.41) is 4.98. The number of amides is 2. The Labute approximate surface area is 95.9 Å². The minimum Gasteiger partial charge on any atom is -0.382 e. The van der Waals surface area contributed by atoms with Gasteiger partial charge in [-0.15, -0.1) is 0 Å². The van der Waals surface area contributed by atoms with Crippen LogP contribution >= 0.6 is 0 Å². The predicted molar refractivity (Wildman–Crippen MR) is 60.2 cm³/mol. The fourth-order valence-corrected chi connectivity index (χ4v) is 0.845. The van der Waals surface area contributed by atoms with Gasteiger partial charge in [0.2, 0.25) is 0 Å². The molecule has 0 spiro atoms. The molecule has 94 valence electrons. The molecule has 2 N–H and O–H groups in total. The molecule has 0 bridgehead atoms. The standard InChI is InChI=1S/C10H20N2O4/c1-3-11-10(13)12-4-5-15-8-9-16-7-6-14-2/h3H,1,4-9H2,2H3,(H2,11,12,13). The highest BCUT2D eigenvalue weighted by atomic mass is 16.5. The maximum Gasteiger partial charge on any atom is 0.318 e. The number of urea groups is 1. The number of nitrogens with one attached hydrogen (secondary N) is 2. The summed E-state index contributed by atoms with van der Waals surface area (Å²) in [6.45, 7) is 6.47. The molecule has 0 unspecified atom stereocenters. The monoisotopic (exact) mass is 232 g/mol. The molecule has 0 aliphatic carbocycles. The Morgan fingerprint density at radius 2 is 1.81 bits per heavy atom. The van der Waals surface area contributed by atoms with Gasteiger partial charge in [0, 0.05) is 13.7 Å². The van der Waals surface area contributed by atoms with Crippen LogP contribution in [0.15, 0.2) is 12.8 Å². The van der Waals surface area contributed by atoms with Gasteiger partial charge in [-0.05, 0) is 6.20 Å². The van der Waals surface area contributed by atoms with Gasteiger partial charge in [0.25, 0.3) is 0 Å². The zero-order chi connectivity index (χ0) is 12.1. The molecule has 0 aromatic heterocycles. The highest BCUT2D eigenvalue weighted by Gasteiger charge is 1.95. The molecule has 0 aromatic rings. The van der Waals surface area contributed by atoms with Crippen LogP contribution in [-0.2, 0) is 14.2 Å². The average Bonchev–Trinajstić information content (AvgIpc) is 2.27. The van der Waals surface area contributed by atoms with Gasteiger partial charge in [-0.25, -0.2) is 4.79 Å². The topological polar surface area (TPSA) is 68.8 Å². The van der Waals surface area contributed by atoms with Crippen molar-refractivity contribution in [2.75, 3.05) is 46.7 Å². The summed E-state index contributed by atoms with van der Waals surface area (Å²) in [5.74, 6) is 0. The van der Waals surface area contributed by atoms with Gasteiger partial charge in [0.15, 0.2) is 0 Å². The normalized spacial score (nSPS) is 9.81. The van der Waals surface area contributed by atoms with Crippen LogP contribution in [0.5, 0.6) is 0 Å². The molecule has 0 saturated carbocycles. The Balaban J connectivity index is 3.03. The summed E-state index contributed by atoms with van der Waals surface area (Å²) in [7, 11) is 1.62. The van der Waals surface area contributed by atoms with E-state index in [1.54, 1.807) is 7.11 Å². The number of rotatable bonds is 10. The third kappa shape index (κ3) is 11.0. The molecule has 6 nitrogen and oxygen atoms in total. The second-order valence-corrected chi connectivity index (χ2v) is 2.82. The largest absolute Gasteiger partial charge is 0.382 e. The smallest absolute Gasteiger partial charge is 0.318 e. The maximum atomic E-state index is 10.9. The Hall–Kier alpha value is -1.11. The van der Waals surface area contributed by atoms with Gasteiger partial charge < -0.3 is 24.8 Å². The number of carbonyl (C=O) groups is 1. The van der Waals surface area contributed by atoms with Crippen LogP contribution in [0.2, 0.25) is 0 Å². The quantitative estimate of drug-likeness (QED) is 0.524. The van der Waals surface area contributed by atoms with Crippen molar-refractivity contribution in [3.63, 3.8) is 0 Å². The van der Waals surface area contributed by atoms with Crippen molar-refractivity contribution < 1.29 is 19.0 Å². The Morgan fingerprint density at radius 1 is 1.19 bits per heavy atom. The second kappa shape index (κ2) is 12.0. The van der Waals surface area contributed by atoms with E-state index in [4.69, 9.17) is 14.2 Å². The van der Waals surface area contributed by atoms with Crippen molar-refractivity contribution in [3.05, 3.63) is 12.8 Å². The van der Waals surface area contributed by atoms with E-state index in [9.17, 15) is 4.79 Å². The minimum atomic E-state index is -0.282. The lowest BCUT2D eigenvalue weighted by molar-refractivity contribution is 0.0259. The summed E-state index contributed by atoms with van der Waals surface area (Å²) >= 11 is 0. The molecule has 0 aromatic carbocycles. The molecule has 0 atom stereocenters. The lowest BCUT2D eigenvalue weighted by Gasteiger charge is -2.06. The van der Waals surface area contributed by atoms with Gasteiger partial charge in [-0.2, -0.15) is 0 Å². The summed E-state index contributed by atoms with van der Waals surface area (Å²) < 4.78 is 15.2. The van der Waals surface area contributed by atoms with Crippen LogP contribution in [0.4, 0.5) is 4.79 Å². The lowest BCUT2D eigenvalue weighted by Crippen LogP contribution is -2.34. The number of hydrogen-bond donors (Lipinski definition) is 2. The molecule has 0 aliphatic heterocycles. The highest BCUT2D eigenvalue weighted by Crippen LogP contribution is 1.79. The van der Waals surface area contributed by atoms with Gasteiger partial charge in [-0.3, -0.25) is 0 Å². The Bertz CT molecular complexity index is 188. The predicted octanol–water partition coefficient (Wildman–Crippen LogP) is 0.109.